The van der Waals surface area contributed by atoms with Gasteiger partial charge in [0, 0.05) is 5.69 Å². The molecule has 0 aliphatic rings. The van der Waals surface area contributed by atoms with Gasteiger partial charge in [0.25, 0.3) is 0 Å². The minimum absolute atomic E-state index is 0.0480. The Morgan fingerprint density at radius 2 is 2.16 bits per heavy atom. The Morgan fingerprint density at radius 3 is 2.74 bits per heavy atom. The number of nitrogens with two attached hydrogens (primary N) is 1. The van der Waals surface area contributed by atoms with Crippen LogP contribution in [0.25, 0.3) is 0 Å². The number of primary amides is 1. The van der Waals surface area contributed by atoms with Crippen molar-refractivity contribution in [3.05, 3.63) is 51.3 Å². The summed E-state index contributed by atoms with van der Waals surface area (Å²) in [5, 5.41) is 3.55. The van der Waals surface area contributed by atoms with Crippen LogP contribution < -0.4 is 11.1 Å². The van der Waals surface area contributed by atoms with E-state index < -0.39 is 5.91 Å². The molecule has 2 aromatic rings. The summed E-state index contributed by atoms with van der Waals surface area (Å²) in [7, 11) is 0. The first-order valence-electron chi connectivity index (χ1n) is 5.58. The number of furan rings is 1. The van der Waals surface area contributed by atoms with E-state index >= 15 is 0 Å². The van der Waals surface area contributed by atoms with E-state index in [0.29, 0.717) is 15.3 Å². The van der Waals surface area contributed by atoms with Crippen molar-refractivity contribution < 1.29 is 9.21 Å². The smallest absolute Gasteiger partial charge is 0.250 e. The number of carbonyl (C=O) groups is 1. The van der Waals surface area contributed by atoms with E-state index in [1.807, 2.05) is 19.1 Å². The zero-order chi connectivity index (χ0) is 14.0. The van der Waals surface area contributed by atoms with Crippen LogP contribution in [0.1, 0.15) is 29.1 Å². The van der Waals surface area contributed by atoms with Crippen LogP contribution in [0.2, 0.25) is 5.02 Å². The SMILES string of the molecule is CC(Nc1ccc(Cl)c(C(N)=O)c1)c1ccc(Br)o1. The van der Waals surface area contributed by atoms with E-state index in [2.05, 4.69) is 21.2 Å². The molecule has 0 fully saturated rings. The van der Waals surface area contributed by atoms with Crippen LogP contribution in [0.5, 0.6) is 0 Å². The maximum atomic E-state index is 11.2. The summed E-state index contributed by atoms with van der Waals surface area (Å²) in [5.41, 5.74) is 6.29. The number of carbonyl (C=O) groups excluding carboxylic acids is 1. The van der Waals surface area contributed by atoms with Crippen molar-refractivity contribution >= 4 is 39.1 Å². The fourth-order valence-corrected chi connectivity index (χ4v) is 2.22. The van der Waals surface area contributed by atoms with Crippen molar-refractivity contribution in [2.75, 3.05) is 5.32 Å². The lowest BCUT2D eigenvalue weighted by Gasteiger charge is -2.14. The van der Waals surface area contributed by atoms with Crippen molar-refractivity contribution in [3.63, 3.8) is 0 Å². The topological polar surface area (TPSA) is 68.3 Å². The van der Waals surface area contributed by atoms with Crippen LogP contribution in [0.15, 0.2) is 39.4 Å². The summed E-state index contributed by atoms with van der Waals surface area (Å²) < 4.78 is 6.13. The Hall–Kier alpha value is -1.46. The summed E-state index contributed by atoms with van der Waals surface area (Å²) in [6.07, 6.45) is 0. The van der Waals surface area contributed by atoms with E-state index in [9.17, 15) is 4.79 Å². The third-order valence-electron chi connectivity index (χ3n) is 2.64. The summed E-state index contributed by atoms with van der Waals surface area (Å²) in [4.78, 5) is 11.2. The minimum Gasteiger partial charge on any atom is -0.452 e. The van der Waals surface area contributed by atoms with Crippen LogP contribution in [0, 0.1) is 0 Å². The van der Waals surface area contributed by atoms with Gasteiger partial charge in [-0.3, -0.25) is 4.79 Å². The molecular weight excluding hydrogens is 332 g/mol. The van der Waals surface area contributed by atoms with Gasteiger partial charge in [0.1, 0.15) is 5.76 Å². The average Bonchev–Trinajstić information content (AvgIpc) is 2.78. The van der Waals surface area contributed by atoms with E-state index in [0.717, 1.165) is 11.4 Å². The predicted molar refractivity (Wildman–Crippen MR) is 78.4 cm³/mol. The second kappa shape index (κ2) is 5.67. The molecule has 1 unspecified atom stereocenters. The molecule has 0 bridgehead atoms. The first-order chi connectivity index (χ1) is 8.97. The van der Waals surface area contributed by atoms with E-state index in [1.165, 1.54) is 0 Å². The lowest BCUT2D eigenvalue weighted by Crippen LogP contribution is -2.13. The Labute approximate surface area is 124 Å². The van der Waals surface area contributed by atoms with Gasteiger partial charge in [0.15, 0.2) is 4.67 Å². The van der Waals surface area contributed by atoms with Crippen LogP contribution in [-0.2, 0) is 0 Å². The maximum absolute atomic E-state index is 11.2. The Morgan fingerprint density at radius 1 is 1.42 bits per heavy atom. The molecule has 0 aliphatic heterocycles. The molecule has 1 heterocycles. The van der Waals surface area contributed by atoms with Gasteiger partial charge >= 0.3 is 0 Å². The highest BCUT2D eigenvalue weighted by atomic mass is 79.9. The number of nitrogens with one attached hydrogen (secondary N) is 1. The molecule has 100 valence electrons. The standard InChI is InChI=1S/C13H12BrClN2O2/c1-7(11-4-5-12(14)19-11)17-8-2-3-10(15)9(6-8)13(16)18/h2-7,17H,1H3,(H2,16,18). The Balaban J connectivity index is 2.19. The maximum Gasteiger partial charge on any atom is 0.250 e. The second-order valence-corrected chi connectivity index (χ2v) is 5.26. The number of hydrogen-bond acceptors (Lipinski definition) is 3. The van der Waals surface area contributed by atoms with Gasteiger partial charge in [0.2, 0.25) is 5.91 Å². The summed E-state index contributed by atoms with van der Waals surface area (Å²) >= 11 is 9.15. The van der Waals surface area contributed by atoms with Gasteiger partial charge in [-0.15, -0.1) is 0 Å². The quantitative estimate of drug-likeness (QED) is 0.882. The average molecular weight is 344 g/mol. The molecule has 6 heteroatoms. The molecule has 0 radical (unpaired) electrons. The number of halogens is 2. The number of amides is 1. The molecule has 2 rings (SSSR count). The fraction of sp³-hybridized carbons (Fsp3) is 0.154. The monoisotopic (exact) mass is 342 g/mol. The van der Waals surface area contributed by atoms with E-state index in [1.54, 1.807) is 18.2 Å². The summed E-state index contributed by atoms with van der Waals surface area (Å²) in [6, 6.07) is 8.68. The highest BCUT2D eigenvalue weighted by Crippen LogP contribution is 2.26. The van der Waals surface area contributed by atoms with Crippen molar-refractivity contribution in [2.24, 2.45) is 5.73 Å². The number of anilines is 1. The molecule has 1 aromatic carbocycles. The first-order valence-corrected chi connectivity index (χ1v) is 6.75. The summed E-state index contributed by atoms with van der Waals surface area (Å²) in [6.45, 7) is 1.95. The fourth-order valence-electron chi connectivity index (χ4n) is 1.69. The number of rotatable bonds is 4. The number of hydrogen-bond donors (Lipinski definition) is 2. The van der Waals surface area contributed by atoms with Crippen LogP contribution in [0.4, 0.5) is 5.69 Å². The predicted octanol–water partition coefficient (Wildman–Crippen LogP) is 3.97. The Bertz CT molecular complexity index is 612. The molecule has 3 N–H and O–H groups in total. The van der Waals surface area contributed by atoms with E-state index in [-0.39, 0.29) is 6.04 Å². The lowest BCUT2D eigenvalue weighted by molar-refractivity contribution is 0.100. The molecule has 0 saturated heterocycles. The van der Waals surface area contributed by atoms with Crippen molar-refractivity contribution in [2.45, 2.75) is 13.0 Å². The summed E-state index contributed by atoms with van der Waals surface area (Å²) in [5.74, 6) is 0.226. The van der Waals surface area contributed by atoms with Gasteiger partial charge in [-0.25, -0.2) is 0 Å². The van der Waals surface area contributed by atoms with Crippen LogP contribution in [-0.4, -0.2) is 5.91 Å². The first kappa shape index (κ1) is 14.0. The third-order valence-corrected chi connectivity index (χ3v) is 3.39. The highest BCUT2D eigenvalue weighted by Gasteiger charge is 2.12. The minimum atomic E-state index is -0.554. The number of benzene rings is 1. The second-order valence-electron chi connectivity index (χ2n) is 4.07. The van der Waals surface area contributed by atoms with Gasteiger partial charge in [-0.05, 0) is 53.2 Å². The largest absolute Gasteiger partial charge is 0.452 e. The molecule has 0 spiro atoms. The van der Waals surface area contributed by atoms with Crippen LogP contribution >= 0.6 is 27.5 Å². The Kier molecular flexibility index (Phi) is 4.17. The molecule has 1 amide bonds. The zero-order valence-corrected chi connectivity index (χ0v) is 12.5. The molecule has 4 nitrogen and oxygen atoms in total. The van der Waals surface area contributed by atoms with Gasteiger partial charge in [-0.1, -0.05) is 11.6 Å². The van der Waals surface area contributed by atoms with Gasteiger partial charge in [-0.2, -0.15) is 0 Å². The zero-order valence-electron chi connectivity index (χ0n) is 10.1. The van der Waals surface area contributed by atoms with Crippen LogP contribution in [0.3, 0.4) is 0 Å². The van der Waals surface area contributed by atoms with Crippen molar-refractivity contribution in [3.8, 4) is 0 Å². The highest BCUT2D eigenvalue weighted by molar-refractivity contribution is 9.10. The molecule has 1 atom stereocenters. The van der Waals surface area contributed by atoms with Crippen molar-refractivity contribution in [1.82, 2.24) is 0 Å². The van der Waals surface area contributed by atoms with Gasteiger partial charge < -0.3 is 15.5 Å². The molecule has 19 heavy (non-hydrogen) atoms. The van der Waals surface area contributed by atoms with E-state index in [4.69, 9.17) is 21.8 Å². The lowest BCUT2D eigenvalue weighted by atomic mass is 10.1. The van der Waals surface area contributed by atoms with Crippen molar-refractivity contribution in [1.29, 1.82) is 0 Å². The third kappa shape index (κ3) is 3.30. The normalized spacial score (nSPS) is 12.2. The molecule has 0 saturated carbocycles. The van der Waals surface area contributed by atoms with Gasteiger partial charge in [0.05, 0.1) is 16.6 Å². The molecule has 0 aliphatic carbocycles. The molecular formula is C13H12BrClN2O2. The molecule has 1 aromatic heterocycles.